The van der Waals surface area contributed by atoms with Crippen molar-refractivity contribution in [2.24, 2.45) is 0 Å². The summed E-state index contributed by atoms with van der Waals surface area (Å²) in [6.07, 6.45) is -5.78. The van der Waals surface area contributed by atoms with Crippen LogP contribution in [0.3, 0.4) is 0 Å². The lowest BCUT2D eigenvalue weighted by atomic mass is 10.1. The Labute approximate surface area is 170 Å². The summed E-state index contributed by atoms with van der Waals surface area (Å²) in [4.78, 5) is 26.7. The van der Waals surface area contributed by atoms with E-state index < -0.39 is 29.9 Å². The fourth-order valence-electron chi connectivity index (χ4n) is 3.03. The van der Waals surface area contributed by atoms with E-state index in [-0.39, 0.29) is 27.4 Å². The molecule has 4 aromatic rings. The van der Waals surface area contributed by atoms with Gasteiger partial charge in [0.15, 0.2) is 17.3 Å². The number of furan rings is 1. The molecule has 9 nitrogen and oxygen atoms in total. The molecule has 0 aliphatic rings. The summed E-state index contributed by atoms with van der Waals surface area (Å²) in [7, 11) is 0. The van der Waals surface area contributed by atoms with Crippen LogP contribution in [0.25, 0.3) is 27.9 Å². The first-order chi connectivity index (χ1) is 14.7. The fraction of sp³-hybridized carbons (Fsp3) is 0.0526. The Morgan fingerprint density at radius 3 is 2.42 bits per heavy atom. The summed E-state index contributed by atoms with van der Waals surface area (Å²) in [6.45, 7) is 0. The molecule has 0 saturated carbocycles. The topological polar surface area (TPSA) is 122 Å². The molecule has 3 aromatic heterocycles. The number of rotatable bonds is 3. The van der Waals surface area contributed by atoms with Crippen molar-refractivity contribution in [3.8, 4) is 17.1 Å². The summed E-state index contributed by atoms with van der Waals surface area (Å²) >= 11 is 0. The number of carboxylic acid groups (broad SMARTS) is 2. The second-order valence-electron chi connectivity index (χ2n) is 6.24. The normalized spacial score (nSPS) is 11.6. The van der Waals surface area contributed by atoms with Crippen molar-refractivity contribution >= 4 is 28.8 Å². The molecule has 0 aliphatic heterocycles. The van der Waals surface area contributed by atoms with E-state index in [2.05, 4.69) is 10.1 Å². The smallest absolute Gasteiger partial charge is 0.435 e. The van der Waals surface area contributed by atoms with Crippen LogP contribution in [0.1, 0.15) is 5.69 Å². The Bertz CT molecular complexity index is 1280. The van der Waals surface area contributed by atoms with Gasteiger partial charge >= 0.3 is 18.4 Å². The summed E-state index contributed by atoms with van der Waals surface area (Å²) in [5.41, 5.74) is -1.06. The zero-order chi connectivity index (χ0) is 22.3. The molecule has 0 aliphatic carbocycles. The van der Waals surface area contributed by atoms with E-state index >= 15 is 0 Å². The van der Waals surface area contributed by atoms with Gasteiger partial charge in [0, 0.05) is 17.6 Å². The lowest BCUT2D eigenvalue weighted by molar-refractivity contribution is -0.141. The van der Waals surface area contributed by atoms with Gasteiger partial charge in [0.1, 0.15) is 5.69 Å². The van der Waals surface area contributed by atoms with Crippen LogP contribution >= 0.6 is 0 Å². The van der Waals surface area contributed by atoms with E-state index in [1.54, 1.807) is 0 Å². The van der Waals surface area contributed by atoms with Crippen molar-refractivity contribution < 1.29 is 37.4 Å². The Balaban J connectivity index is 1.96. The summed E-state index contributed by atoms with van der Waals surface area (Å²) in [5.74, 6) is -0.297. The van der Waals surface area contributed by atoms with Gasteiger partial charge < -0.3 is 14.6 Å². The molecular formula is C19H11F3N4O5. The number of benzene rings is 1. The molecule has 31 heavy (non-hydrogen) atoms. The quantitative estimate of drug-likeness (QED) is 0.474. The minimum atomic E-state index is -4.72. The first-order valence-corrected chi connectivity index (χ1v) is 8.53. The number of hydrogen-bond acceptors (Lipinski definition) is 5. The second-order valence-corrected chi connectivity index (χ2v) is 6.24. The third kappa shape index (κ3) is 3.54. The fourth-order valence-corrected chi connectivity index (χ4v) is 3.03. The van der Waals surface area contributed by atoms with E-state index in [0.717, 1.165) is 10.7 Å². The van der Waals surface area contributed by atoms with E-state index in [1.165, 1.54) is 48.9 Å². The van der Waals surface area contributed by atoms with Crippen LogP contribution in [-0.2, 0) is 6.18 Å². The Hall–Kier alpha value is -4.35. The highest BCUT2D eigenvalue weighted by atomic mass is 19.4. The van der Waals surface area contributed by atoms with Gasteiger partial charge in [0.2, 0.25) is 0 Å². The summed E-state index contributed by atoms with van der Waals surface area (Å²) in [5, 5.41) is 22.6. The molecule has 2 amide bonds. The number of nitrogens with zero attached hydrogens (tertiary/aromatic N) is 4. The maximum Gasteiger partial charge on any atom is 0.435 e. The number of amides is 2. The molecule has 0 spiro atoms. The van der Waals surface area contributed by atoms with Crippen LogP contribution in [0.2, 0.25) is 0 Å². The van der Waals surface area contributed by atoms with Crippen LogP contribution in [-0.4, -0.2) is 37.2 Å². The van der Waals surface area contributed by atoms with Crippen LogP contribution < -0.4 is 4.90 Å². The van der Waals surface area contributed by atoms with Crippen molar-refractivity contribution in [3.05, 3.63) is 60.6 Å². The van der Waals surface area contributed by atoms with E-state index in [1.807, 2.05) is 0 Å². The van der Waals surface area contributed by atoms with Gasteiger partial charge in [-0.25, -0.2) is 19.3 Å². The highest BCUT2D eigenvalue weighted by Gasteiger charge is 2.36. The maximum absolute atomic E-state index is 13.3. The largest absolute Gasteiger partial charge is 0.464 e. The lowest BCUT2D eigenvalue weighted by Gasteiger charge is -2.15. The lowest BCUT2D eigenvalue weighted by Crippen LogP contribution is -2.35. The standard InChI is InChI=1S/C19H11F3N4O5/c20-19(21,22)15-9-13(14-2-1-7-31-14)26(24-15)11-4-3-10-5-6-23-16(12(10)8-11)25(17(27)28)18(29)30/h1-9H,(H,27,28)(H,29,30). The predicted octanol–water partition coefficient (Wildman–Crippen LogP) is 4.86. The highest BCUT2D eigenvalue weighted by Crippen LogP contribution is 2.34. The van der Waals surface area contributed by atoms with Gasteiger partial charge in [-0.1, -0.05) is 6.07 Å². The number of anilines is 1. The molecule has 4 rings (SSSR count). The minimum Gasteiger partial charge on any atom is -0.464 e. The summed E-state index contributed by atoms with van der Waals surface area (Å²) < 4.78 is 46.0. The third-order valence-electron chi connectivity index (χ3n) is 4.34. The molecule has 0 saturated heterocycles. The monoisotopic (exact) mass is 432 g/mol. The van der Waals surface area contributed by atoms with E-state index in [9.17, 15) is 33.0 Å². The molecular weight excluding hydrogens is 421 g/mol. The van der Waals surface area contributed by atoms with Crippen molar-refractivity contribution in [1.82, 2.24) is 14.8 Å². The molecule has 3 heterocycles. The molecule has 0 fully saturated rings. The molecule has 1 aromatic carbocycles. The number of pyridine rings is 1. The Morgan fingerprint density at radius 2 is 1.81 bits per heavy atom. The van der Waals surface area contributed by atoms with Crippen molar-refractivity contribution in [3.63, 3.8) is 0 Å². The Kier molecular flexibility index (Phi) is 4.61. The van der Waals surface area contributed by atoms with Crippen molar-refractivity contribution in [1.29, 1.82) is 0 Å². The van der Waals surface area contributed by atoms with Crippen LogP contribution in [0, 0.1) is 0 Å². The second kappa shape index (κ2) is 7.16. The predicted molar refractivity (Wildman–Crippen MR) is 100 cm³/mol. The number of carbonyl (C=O) groups is 2. The van der Waals surface area contributed by atoms with Gasteiger partial charge in [-0.15, -0.1) is 0 Å². The zero-order valence-corrected chi connectivity index (χ0v) is 15.2. The molecule has 0 atom stereocenters. The van der Waals surface area contributed by atoms with Gasteiger partial charge in [0.05, 0.1) is 12.0 Å². The molecule has 158 valence electrons. The Morgan fingerprint density at radius 1 is 1.06 bits per heavy atom. The highest BCUT2D eigenvalue weighted by molar-refractivity contribution is 6.12. The zero-order valence-electron chi connectivity index (χ0n) is 15.2. The average Bonchev–Trinajstić information content (AvgIpc) is 3.36. The first kappa shape index (κ1) is 19.9. The molecule has 2 N–H and O–H groups in total. The first-order valence-electron chi connectivity index (χ1n) is 8.53. The molecule has 0 unspecified atom stereocenters. The van der Waals surface area contributed by atoms with Crippen LogP contribution in [0.15, 0.2) is 59.3 Å². The van der Waals surface area contributed by atoms with Gasteiger partial charge in [-0.2, -0.15) is 23.2 Å². The van der Waals surface area contributed by atoms with Crippen molar-refractivity contribution in [2.45, 2.75) is 6.18 Å². The average molecular weight is 432 g/mol. The van der Waals surface area contributed by atoms with Gasteiger partial charge in [-0.05, 0) is 35.7 Å². The number of hydrogen-bond donors (Lipinski definition) is 2. The van der Waals surface area contributed by atoms with Gasteiger partial charge in [0.25, 0.3) is 0 Å². The number of halogens is 3. The minimum absolute atomic E-state index is 0.00422. The van der Waals surface area contributed by atoms with Crippen LogP contribution in [0.5, 0.6) is 0 Å². The van der Waals surface area contributed by atoms with Crippen LogP contribution in [0.4, 0.5) is 28.6 Å². The van der Waals surface area contributed by atoms with Crippen molar-refractivity contribution in [2.75, 3.05) is 4.90 Å². The van der Waals surface area contributed by atoms with E-state index in [0.29, 0.717) is 5.39 Å². The third-order valence-corrected chi connectivity index (χ3v) is 4.34. The SMILES string of the molecule is O=C(O)N(C(=O)O)c1nccc2ccc(-n3nc(C(F)(F)F)cc3-c3ccco3)cc12. The maximum atomic E-state index is 13.3. The van der Waals surface area contributed by atoms with Gasteiger partial charge in [-0.3, -0.25) is 0 Å². The molecule has 0 bridgehead atoms. The number of aromatic nitrogens is 3. The molecule has 0 radical (unpaired) electrons. The van der Waals surface area contributed by atoms with E-state index in [4.69, 9.17) is 4.42 Å². The molecule has 12 heteroatoms. The number of alkyl halides is 3. The number of imide groups is 1. The number of fused-ring (bicyclic) bond motifs is 1. The summed E-state index contributed by atoms with van der Waals surface area (Å²) in [6, 6.07) is 9.51.